The molecule has 0 unspecified atom stereocenters. The summed E-state index contributed by atoms with van der Waals surface area (Å²) >= 11 is 0. The molecule has 0 saturated carbocycles. The Bertz CT molecular complexity index is 591. The molecule has 4 heteroatoms. The van der Waals surface area contributed by atoms with Gasteiger partial charge in [0.1, 0.15) is 5.82 Å². The fourth-order valence-corrected chi connectivity index (χ4v) is 2.85. The van der Waals surface area contributed by atoms with Crippen LogP contribution in [0, 0.1) is 0 Å². The number of aromatic nitrogens is 1. The van der Waals surface area contributed by atoms with Gasteiger partial charge in [0.15, 0.2) is 0 Å². The number of nitrogens with zero attached hydrogens (tertiary/aromatic N) is 2. The molecule has 2 aromatic rings. The van der Waals surface area contributed by atoms with E-state index in [1.807, 2.05) is 18.2 Å². The molecule has 0 atom stereocenters. The molecule has 0 aliphatic carbocycles. The van der Waals surface area contributed by atoms with Crippen LogP contribution in [0.25, 0.3) is 10.9 Å². The fourth-order valence-electron chi connectivity index (χ4n) is 2.85. The van der Waals surface area contributed by atoms with Crippen LogP contribution in [0.15, 0.2) is 30.3 Å². The average molecular weight is 271 g/mol. The molecule has 1 aliphatic rings. The molecule has 0 spiro atoms. The van der Waals surface area contributed by atoms with Crippen LogP contribution < -0.4 is 5.73 Å². The molecule has 3 rings (SSSR count). The van der Waals surface area contributed by atoms with Gasteiger partial charge >= 0.3 is 0 Å². The van der Waals surface area contributed by atoms with E-state index in [1.165, 1.54) is 0 Å². The summed E-state index contributed by atoms with van der Waals surface area (Å²) in [5.41, 5.74) is 8.18. The van der Waals surface area contributed by atoms with Gasteiger partial charge in [0.25, 0.3) is 0 Å². The van der Waals surface area contributed by atoms with Gasteiger partial charge in [0.2, 0.25) is 0 Å². The van der Waals surface area contributed by atoms with Crippen molar-refractivity contribution in [1.29, 1.82) is 0 Å². The molecule has 0 bridgehead atoms. The Morgan fingerprint density at radius 1 is 1.30 bits per heavy atom. The monoisotopic (exact) mass is 271 g/mol. The van der Waals surface area contributed by atoms with E-state index in [0.717, 1.165) is 48.9 Å². The molecular formula is C16H21N3O. The zero-order valence-corrected chi connectivity index (χ0v) is 11.9. The summed E-state index contributed by atoms with van der Waals surface area (Å²) in [4.78, 5) is 6.93. The van der Waals surface area contributed by atoms with Gasteiger partial charge in [0, 0.05) is 37.7 Å². The Balaban J connectivity index is 1.76. The van der Waals surface area contributed by atoms with E-state index in [0.29, 0.717) is 11.9 Å². The third kappa shape index (κ3) is 2.76. The first-order valence-electron chi connectivity index (χ1n) is 7.15. The summed E-state index contributed by atoms with van der Waals surface area (Å²) in [6.45, 7) is 3.00. The van der Waals surface area contributed by atoms with Crippen LogP contribution in [0.2, 0.25) is 0 Å². The summed E-state index contributed by atoms with van der Waals surface area (Å²) in [5, 5.41) is 1.16. The summed E-state index contributed by atoms with van der Waals surface area (Å²) in [7, 11) is 1.80. The van der Waals surface area contributed by atoms with Gasteiger partial charge in [-0.15, -0.1) is 0 Å². The van der Waals surface area contributed by atoms with Gasteiger partial charge in [-0.2, -0.15) is 0 Å². The normalized spacial score (nSPS) is 17.6. The molecule has 0 amide bonds. The lowest BCUT2D eigenvalue weighted by Gasteiger charge is -2.31. The van der Waals surface area contributed by atoms with E-state index in [1.54, 1.807) is 7.11 Å². The van der Waals surface area contributed by atoms with Gasteiger partial charge in [0.05, 0.1) is 11.6 Å². The zero-order chi connectivity index (χ0) is 13.9. The minimum atomic E-state index is 0.415. The first kappa shape index (κ1) is 13.3. The number of nitrogens with two attached hydrogens (primary N) is 1. The molecule has 4 nitrogen and oxygen atoms in total. The highest BCUT2D eigenvalue weighted by Crippen LogP contribution is 2.21. The number of rotatable bonds is 3. The van der Waals surface area contributed by atoms with E-state index in [4.69, 9.17) is 10.5 Å². The Morgan fingerprint density at radius 3 is 2.80 bits per heavy atom. The molecule has 1 saturated heterocycles. The Kier molecular flexibility index (Phi) is 3.85. The third-order valence-corrected chi connectivity index (χ3v) is 4.10. The van der Waals surface area contributed by atoms with Crippen molar-refractivity contribution in [2.75, 3.05) is 25.9 Å². The van der Waals surface area contributed by atoms with Crippen molar-refractivity contribution in [3.8, 4) is 0 Å². The predicted molar refractivity (Wildman–Crippen MR) is 81.5 cm³/mol. The quantitative estimate of drug-likeness (QED) is 0.931. The van der Waals surface area contributed by atoms with Crippen molar-refractivity contribution < 1.29 is 4.74 Å². The van der Waals surface area contributed by atoms with Crippen LogP contribution in [0.4, 0.5) is 5.82 Å². The SMILES string of the molecule is COC1CCN(Cc2cc3ccccc3nc2N)CC1. The van der Waals surface area contributed by atoms with Crippen LogP contribution >= 0.6 is 0 Å². The van der Waals surface area contributed by atoms with Crippen molar-refractivity contribution >= 4 is 16.7 Å². The van der Waals surface area contributed by atoms with E-state index in [-0.39, 0.29) is 0 Å². The number of ether oxygens (including phenoxy) is 1. The number of hydrogen-bond donors (Lipinski definition) is 1. The number of anilines is 1. The molecule has 0 radical (unpaired) electrons. The number of methoxy groups -OCH3 is 1. The Labute approximate surface area is 119 Å². The maximum Gasteiger partial charge on any atom is 0.128 e. The van der Waals surface area contributed by atoms with Crippen molar-refractivity contribution in [1.82, 2.24) is 9.88 Å². The summed E-state index contributed by atoms with van der Waals surface area (Å²) in [5.74, 6) is 0.651. The number of piperidine rings is 1. The topological polar surface area (TPSA) is 51.4 Å². The predicted octanol–water partition coefficient (Wildman–Crippen LogP) is 2.43. The number of nitrogen functional groups attached to an aromatic ring is 1. The lowest BCUT2D eigenvalue weighted by molar-refractivity contribution is 0.0389. The van der Waals surface area contributed by atoms with Gasteiger partial charge < -0.3 is 10.5 Å². The molecular weight excluding hydrogens is 250 g/mol. The smallest absolute Gasteiger partial charge is 0.128 e. The largest absolute Gasteiger partial charge is 0.383 e. The number of pyridine rings is 1. The average Bonchev–Trinajstić information content (AvgIpc) is 2.49. The van der Waals surface area contributed by atoms with E-state index >= 15 is 0 Å². The van der Waals surface area contributed by atoms with Crippen molar-refractivity contribution in [2.24, 2.45) is 0 Å². The first-order chi connectivity index (χ1) is 9.76. The van der Waals surface area contributed by atoms with Gasteiger partial charge in [-0.05, 0) is 25.0 Å². The maximum absolute atomic E-state index is 6.09. The number of fused-ring (bicyclic) bond motifs is 1. The second-order valence-electron chi connectivity index (χ2n) is 5.44. The van der Waals surface area contributed by atoms with Gasteiger partial charge in [-0.25, -0.2) is 4.98 Å². The van der Waals surface area contributed by atoms with Crippen molar-refractivity contribution in [2.45, 2.75) is 25.5 Å². The maximum atomic E-state index is 6.09. The second kappa shape index (κ2) is 5.77. The molecule has 2 heterocycles. The highest BCUT2D eigenvalue weighted by Gasteiger charge is 2.19. The summed E-state index contributed by atoms with van der Waals surface area (Å²) in [6, 6.07) is 10.3. The zero-order valence-electron chi connectivity index (χ0n) is 11.9. The van der Waals surface area contributed by atoms with Crippen LogP contribution in [-0.2, 0) is 11.3 Å². The lowest BCUT2D eigenvalue weighted by atomic mass is 10.1. The highest BCUT2D eigenvalue weighted by atomic mass is 16.5. The molecule has 20 heavy (non-hydrogen) atoms. The van der Waals surface area contributed by atoms with Crippen LogP contribution in [-0.4, -0.2) is 36.2 Å². The third-order valence-electron chi connectivity index (χ3n) is 4.10. The van der Waals surface area contributed by atoms with E-state index in [9.17, 15) is 0 Å². The molecule has 1 aromatic heterocycles. The standard InChI is InChI=1S/C16H21N3O/c1-20-14-6-8-19(9-7-14)11-13-10-12-4-2-3-5-15(12)18-16(13)17/h2-5,10,14H,6-9,11H2,1H3,(H2,17,18). The van der Waals surface area contributed by atoms with Crippen molar-refractivity contribution in [3.05, 3.63) is 35.9 Å². The van der Waals surface area contributed by atoms with E-state index in [2.05, 4.69) is 22.0 Å². The number of benzene rings is 1. The van der Waals surface area contributed by atoms with Crippen molar-refractivity contribution in [3.63, 3.8) is 0 Å². The van der Waals surface area contributed by atoms with Crippen LogP contribution in [0.3, 0.4) is 0 Å². The van der Waals surface area contributed by atoms with Crippen LogP contribution in [0.1, 0.15) is 18.4 Å². The molecule has 1 aromatic carbocycles. The highest BCUT2D eigenvalue weighted by molar-refractivity contribution is 5.81. The van der Waals surface area contributed by atoms with Crippen LogP contribution in [0.5, 0.6) is 0 Å². The minimum absolute atomic E-state index is 0.415. The Morgan fingerprint density at radius 2 is 2.05 bits per heavy atom. The lowest BCUT2D eigenvalue weighted by Crippen LogP contribution is -2.36. The Hall–Kier alpha value is -1.65. The first-order valence-corrected chi connectivity index (χ1v) is 7.15. The minimum Gasteiger partial charge on any atom is -0.383 e. The number of para-hydroxylation sites is 1. The molecule has 2 N–H and O–H groups in total. The summed E-state index contributed by atoms with van der Waals surface area (Å²) in [6.07, 6.45) is 2.60. The van der Waals surface area contributed by atoms with Gasteiger partial charge in [-0.1, -0.05) is 18.2 Å². The molecule has 1 aliphatic heterocycles. The number of likely N-dealkylation sites (tertiary alicyclic amines) is 1. The van der Waals surface area contributed by atoms with Gasteiger partial charge in [-0.3, -0.25) is 4.90 Å². The number of hydrogen-bond acceptors (Lipinski definition) is 4. The summed E-state index contributed by atoms with van der Waals surface area (Å²) < 4.78 is 5.41. The molecule has 1 fully saturated rings. The van der Waals surface area contributed by atoms with E-state index < -0.39 is 0 Å². The fraction of sp³-hybridized carbons (Fsp3) is 0.438. The molecule has 106 valence electrons. The second-order valence-corrected chi connectivity index (χ2v) is 5.44.